The van der Waals surface area contributed by atoms with Crippen molar-refractivity contribution >= 4 is 23.4 Å². The Morgan fingerprint density at radius 2 is 1.64 bits per heavy atom. The Hall–Kier alpha value is -2.73. The fraction of sp³-hybridized carbons (Fsp3) is 0.462. The molecule has 1 atom stereocenters. The zero-order chi connectivity index (χ0) is 24.4. The summed E-state index contributed by atoms with van der Waals surface area (Å²) in [5.41, 5.74) is 1.89. The van der Waals surface area contributed by atoms with E-state index in [1.54, 1.807) is 31.3 Å². The molecule has 0 aliphatic rings. The van der Waals surface area contributed by atoms with E-state index in [1.165, 1.54) is 0 Å². The molecule has 33 heavy (non-hydrogen) atoms. The van der Waals surface area contributed by atoms with Crippen molar-refractivity contribution in [3.63, 3.8) is 0 Å². The summed E-state index contributed by atoms with van der Waals surface area (Å²) < 4.78 is 10.7. The van der Waals surface area contributed by atoms with Crippen molar-refractivity contribution in [2.75, 3.05) is 20.8 Å². The molecule has 2 aromatic rings. The fourth-order valence-corrected chi connectivity index (χ4v) is 3.69. The highest BCUT2D eigenvalue weighted by Crippen LogP contribution is 2.28. The Labute approximate surface area is 202 Å². The maximum absolute atomic E-state index is 13.4. The van der Waals surface area contributed by atoms with Gasteiger partial charge in [-0.1, -0.05) is 50.6 Å². The summed E-state index contributed by atoms with van der Waals surface area (Å²) >= 11 is 6.02. The normalized spacial score (nSPS) is 11.7. The Kier molecular flexibility index (Phi) is 10.5. The smallest absolute Gasteiger partial charge is 0.242 e. The van der Waals surface area contributed by atoms with Crippen LogP contribution in [0.3, 0.4) is 0 Å². The van der Waals surface area contributed by atoms with E-state index in [4.69, 9.17) is 21.1 Å². The number of hydrogen-bond acceptors (Lipinski definition) is 4. The van der Waals surface area contributed by atoms with Gasteiger partial charge in [0.05, 0.1) is 14.2 Å². The molecule has 2 amide bonds. The van der Waals surface area contributed by atoms with Gasteiger partial charge in [-0.15, -0.1) is 0 Å². The number of carbonyl (C=O) groups excluding carboxylic acids is 2. The van der Waals surface area contributed by atoms with Gasteiger partial charge in [-0.25, -0.2) is 0 Å². The maximum Gasteiger partial charge on any atom is 0.242 e. The monoisotopic (exact) mass is 474 g/mol. The van der Waals surface area contributed by atoms with E-state index in [0.717, 1.165) is 11.1 Å². The molecule has 1 N–H and O–H groups in total. The minimum absolute atomic E-state index is 0.0775. The lowest BCUT2D eigenvalue weighted by Gasteiger charge is -2.31. The first-order valence-electron chi connectivity index (χ1n) is 11.3. The molecule has 6 nitrogen and oxygen atoms in total. The first kappa shape index (κ1) is 26.5. The molecule has 7 heteroatoms. The summed E-state index contributed by atoms with van der Waals surface area (Å²) in [6.07, 6.45) is 1.33. The summed E-state index contributed by atoms with van der Waals surface area (Å²) in [5, 5.41) is 3.61. The van der Waals surface area contributed by atoms with Gasteiger partial charge >= 0.3 is 0 Å². The predicted octanol–water partition coefficient (Wildman–Crippen LogP) is 4.87. The lowest BCUT2D eigenvalue weighted by molar-refractivity contribution is -0.141. The van der Waals surface area contributed by atoms with Gasteiger partial charge in [-0.2, -0.15) is 0 Å². The zero-order valence-corrected chi connectivity index (χ0v) is 20.9. The molecule has 0 radical (unpaired) electrons. The third-order valence-electron chi connectivity index (χ3n) is 5.41. The van der Waals surface area contributed by atoms with E-state index in [-0.39, 0.29) is 18.2 Å². The largest absolute Gasteiger partial charge is 0.493 e. The third kappa shape index (κ3) is 7.97. The number of amides is 2. The molecule has 0 spiro atoms. The molecular weight excluding hydrogens is 440 g/mol. The van der Waals surface area contributed by atoms with E-state index >= 15 is 0 Å². The predicted molar refractivity (Wildman–Crippen MR) is 132 cm³/mol. The highest BCUT2D eigenvalue weighted by Gasteiger charge is 2.28. The Balaban J connectivity index is 2.20. The highest BCUT2D eigenvalue weighted by atomic mass is 35.5. The van der Waals surface area contributed by atoms with Crippen LogP contribution in [0.2, 0.25) is 5.02 Å². The molecule has 2 rings (SSSR count). The zero-order valence-electron chi connectivity index (χ0n) is 20.2. The minimum atomic E-state index is -0.544. The lowest BCUT2D eigenvalue weighted by Crippen LogP contribution is -2.49. The van der Waals surface area contributed by atoms with Gasteiger partial charge in [0.15, 0.2) is 11.5 Å². The molecule has 0 saturated heterocycles. The number of nitrogens with one attached hydrogen (secondary N) is 1. The fourth-order valence-electron chi connectivity index (χ4n) is 3.56. The van der Waals surface area contributed by atoms with Crippen LogP contribution in [0.4, 0.5) is 0 Å². The van der Waals surface area contributed by atoms with E-state index in [1.807, 2.05) is 51.1 Å². The molecule has 0 saturated carbocycles. The quantitative estimate of drug-likeness (QED) is 0.476. The van der Waals surface area contributed by atoms with Crippen molar-refractivity contribution in [3.8, 4) is 11.5 Å². The number of halogens is 1. The second-order valence-corrected chi connectivity index (χ2v) is 8.84. The van der Waals surface area contributed by atoms with Crippen molar-refractivity contribution in [1.82, 2.24) is 10.2 Å². The number of hydrogen-bond donors (Lipinski definition) is 1. The van der Waals surface area contributed by atoms with Crippen molar-refractivity contribution in [3.05, 3.63) is 58.6 Å². The molecule has 0 bridgehead atoms. The number of ether oxygens (including phenoxy) is 2. The van der Waals surface area contributed by atoms with Crippen molar-refractivity contribution in [2.45, 2.75) is 52.6 Å². The highest BCUT2D eigenvalue weighted by molar-refractivity contribution is 6.30. The van der Waals surface area contributed by atoms with Crippen LogP contribution in [0.1, 0.15) is 44.7 Å². The summed E-state index contributed by atoms with van der Waals surface area (Å²) in [4.78, 5) is 28.0. The second kappa shape index (κ2) is 13.1. The first-order chi connectivity index (χ1) is 15.8. The van der Waals surface area contributed by atoms with Crippen LogP contribution in [0, 0.1) is 5.92 Å². The van der Waals surface area contributed by atoms with Gasteiger partial charge in [-0.3, -0.25) is 9.59 Å². The molecular formula is C26H35ClN2O4. The van der Waals surface area contributed by atoms with Crippen LogP contribution in [0.25, 0.3) is 0 Å². The molecule has 0 aromatic heterocycles. The van der Waals surface area contributed by atoms with Gasteiger partial charge in [0.25, 0.3) is 0 Å². The SMILES string of the molecule is CC[C@@H](C(=O)NCC(C)C)N(Cc1ccc(Cl)cc1)C(=O)CCc1ccc(OC)c(OC)c1. The first-order valence-corrected chi connectivity index (χ1v) is 11.7. The molecule has 0 aliphatic heterocycles. The van der Waals surface area contributed by atoms with Crippen LogP contribution in [-0.4, -0.2) is 43.5 Å². The van der Waals surface area contributed by atoms with Crippen LogP contribution in [0.5, 0.6) is 11.5 Å². The summed E-state index contributed by atoms with van der Waals surface area (Å²) in [7, 11) is 3.17. The van der Waals surface area contributed by atoms with Crippen LogP contribution in [0.15, 0.2) is 42.5 Å². The van der Waals surface area contributed by atoms with Crippen LogP contribution in [-0.2, 0) is 22.6 Å². The standard InChI is InChI=1S/C26H35ClN2O4/c1-6-22(26(31)28-16-18(2)3)29(17-20-7-11-21(27)12-8-20)25(30)14-10-19-9-13-23(32-4)24(15-19)33-5/h7-9,11-13,15,18,22H,6,10,14,16-17H2,1-5H3,(H,28,31)/t22-/m0/s1. The maximum atomic E-state index is 13.4. The number of methoxy groups -OCH3 is 2. The number of benzene rings is 2. The summed E-state index contributed by atoms with van der Waals surface area (Å²) in [5.74, 6) is 1.40. The number of rotatable bonds is 12. The summed E-state index contributed by atoms with van der Waals surface area (Å²) in [6.45, 7) is 6.93. The Morgan fingerprint density at radius 3 is 2.21 bits per heavy atom. The summed E-state index contributed by atoms with van der Waals surface area (Å²) in [6, 6.07) is 12.4. The molecule has 180 valence electrons. The van der Waals surface area contributed by atoms with Gasteiger partial charge in [0, 0.05) is 24.5 Å². The molecule has 0 fully saturated rings. The van der Waals surface area contributed by atoms with E-state index in [2.05, 4.69) is 5.32 Å². The van der Waals surface area contributed by atoms with Gasteiger partial charge < -0.3 is 19.7 Å². The molecule has 2 aromatic carbocycles. The minimum Gasteiger partial charge on any atom is -0.493 e. The second-order valence-electron chi connectivity index (χ2n) is 8.40. The molecule has 0 heterocycles. The van der Waals surface area contributed by atoms with E-state index in [0.29, 0.717) is 48.4 Å². The topological polar surface area (TPSA) is 67.9 Å². The Morgan fingerprint density at radius 1 is 1.00 bits per heavy atom. The number of nitrogens with zero attached hydrogens (tertiary/aromatic N) is 1. The van der Waals surface area contributed by atoms with Crippen LogP contribution >= 0.6 is 11.6 Å². The van der Waals surface area contributed by atoms with E-state index in [9.17, 15) is 9.59 Å². The Bertz CT molecular complexity index is 915. The van der Waals surface area contributed by atoms with Crippen molar-refractivity contribution in [1.29, 1.82) is 0 Å². The number of carbonyl (C=O) groups is 2. The molecule has 0 unspecified atom stereocenters. The third-order valence-corrected chi connectivity index (χ3v) is 5.66. The average molecular weight is 475 g/mol. The van der Waals surface area contributed by atoms with E-state index < -0.39 is 6.04 Å². The number of aryl methyl sites for hydroxylation is 1. The van der Waals surface area contributed by atoms with Gasteiger partial charge in [0.1, 0.15) is 6.04 Å². The molecule has 0 aliphatic carbocycles. The van der Waals surface area contributed by atoms with Crippen molar-refractivity contribution in [2.24, 2.45) is 5.92 Å². The van der Waals surface area contributed by atoms with Crippen LogP contribution < -0.4 is 14.8 Å². The average Bonchev–Trinajstić information content (AvgIpc) is 2.81. The van der Waals surface area contributed by atoms with Crippen molar-refractivity contribution < 1.29 is 19.1 Å². The van der Waals surface area contributed by atoms with Gasteiger partial charge in [0.2, 0.25) is 11.8 Å². The van der Waals surface area contributed by atoms with Gasteiger partial charge in [-0.05, 0) is 54.2 Å². The lowest BCUT2D eigenvalue weighted by atomic mass is 10.1.